The minimum atomic E-state index is -1.23. The molecule has 3 aromatic rings. The van der Waals surface area contributed by atoms with E-state index < -0.39 is 52.7 Å². The summed E-state index contributed by atoms with van der Waals surface area (Å²) < 4.78 is 41.1. The van der Waals surface area contributed by atoms with Gasteiger partial charge in [0.1, 0.15) is 23.8 Å². The normalized spacial score (nSPS) is 11.7. The van der Waals surface area contributed by atoms with E-state index in [-0.39, 0.29) is 11.1 Å². The van der Waals surface area contributed by atoms with Crippen LogP contribution in [0.15, 0.2) is 42.6 Å². The van der Waals surface area contributed by atoms with Crippen molar-refractivity contribution in [1.82, 2.24) is 15.6 Å². The first-order chi connectivity index (χ1) is 17.7. The van der Waals surface area contributed by atoms with Gasteiger partial charge in [-0.05, 0) is 76.8 Å². The SMILES string of the molecule is CCOc1nccc2c(C(=O)c3c(F)cc(C(C)(C)NC(=O)CNC(=O)OC(C)(C)C)cc3F)cccc12. The predicted molar refractivity (Wildman–Crippen MR) is 138 cm³/mol. The molecule has 1 heterocycles. The summed E-state index contributed by atoms with van der Waals surface area (Å²) in [6.45, 7) is 9.89. The van der Waals surface area contributed by atoms with E-state index in [9.17, 15) is 14.4 Å². The Morgan fingerprint density at radius 2 is 1.63 bits per heavy atom. The van der Waals surface area contributed by atoms with Crippen molar-refractivity contribution < 1.29 is 32.6 Å². The van der Waals surface area contributed by atoms with Gasteiger partial charge in [-0.1, -0.05) is 12.1 Å². The lowest BCUT2D eigenvalue weighted by Crippen LogP contribution is -2.46. The molecule has 202 valence electrons. The van der Waals surface area contributed by atoms with Gasteiger partial charge >= 0.3 is 6.09 Å². The summed E-state index contributed by atoms with van der Waals surface area (Å²) in [5, 5.41) is 5.94. The van der Waals surface area contributed by atoms with Crippen LogP contribution in [0.3, 0.4) is 0 Å². The second-order valence-electron chi connectivity index (χ2n) is 10.1. The summed E-state index contributed by atoms with van der Waals surface area (Å²) in [4.78, 5) is 41.6. The second-order valence-corrected chi connectivity index (χ2v) is 10.1. The predicted octanol–water partition coefficient (Wildman–Crippen LogP) is 5.02. The molecule has 1 aromatic heterocycles. The van der Waals surface area contributed by atoms with Crippen molar-refractivity contribution in [3.8, 4) is 5.88 Å². The Hall–Kier alpha value is -4.08. The van der Waals surface area contributed by atoms with Crippen LogP contribution in [-0.2, 0) is 15.1 Å². The molecule has 2 N–H and O–H groups in total. The maximum absolute atomic E-state index is 15.2. The average Bonchev–Trinajstić information content (AvgIpc) is 2.81. The molecule has 0 saturated carbocycles. The zero-order chi connectivity index (χ0) is 28.3. The maximum atomic E-state index is 15.2. The summed E-state index contributed by atoms with van der Waals surface area (Å²) in [6.07, 6.45) is 0.686. The molecular weight excluding hydrogens is 496 g/mol. The molecule has 0 aliphatic heterocycles. The van der Waals surface area contributed by atoms with Gasteiger partial charge in [-0.2, -0.15) is 0 Å². The summed E-state index contributed by atoms with van der Waals surface area (Å²) in [7, 11) is 0. The third kappa shape index (κ3) is 6.62. The molecule has 0 spiro atoms. The molecule has 0 unspecified atom stereocenters. The minimum absolute atomic E-state index is 0.0930. The standard InChI is InChI=1S/C28H31F2N3O5/c1-7-37-25-19-10-8-9-18(17(19)11-12-31-25)24(35)23-20(29)13-16(14-21(23)30)28(5,6)33-22(34)15-32-26(36)38-27(2,3)4/h8-14H,7,15H2,1-6H3,(H,32,36)(H,33,34). The summed E-state index contributed by atoms with van der Waals surface area (Å²) in [5.74, 6) is -3.27. The molecule has 0 aliphatic rings. The van der Waals surface area contributed by atoms with Gasteiger partial charge in [0.05, 0.1) is 17.7 Å². The Kier molecular flexibility index (Phi) is 8.34. The number of carbonyl (C=O) groups excluding carboxylic acids is 3. The van der Waals surface area contributed by atoms with Gasteiger partial charge in [-0.25, -0.2) is 18.6 Å². The third-order valence-electron chi connectivity index (χ3n) is 5.53. The van der Waals surface area contributed by atoms with Gasteiger partial charge in [0.2, 0.25) is 11.8 Å². The first-order valence-electron chi connectivity index (χ1n) is 12.1. The Balaban J connectivity index is 1.84. The van der Waals surface area contributed by atoms with Gasteiger partial charge in [-0.15, -0.1) is 0 Å². The Bertz CT molecular complexity index is 1360. The zero-order valence-corrected chi connectivity index (χ0v) is 22.2. The van der Waals surface area contributed by atoms with Crippen LogP contribution in [0, 0.1) is 11.6 Å². The molecule has 10 heteroatoms. The number of alkyl carbamates (subject to hydrolysis) is 1. The van der Waals surface area contributed by atoms with E-state index in [4.69, 9.17) is 9.47 Å². The number of hydrogen-bond donors (Lipinski definition) is 2. The quantitative estimate of drug-likeness (QED) is 0.399. The molecule has 8 nitrogen and oxygen atoms in total. The monoisotopic (exact) mass is 527 g/mol. The lowest BCUT2D eigenvalue weighted by atomic mass is 9.90. The Labute approximate surface area is 219 Å². The fraction of sp³-hybridized carbons (Fsp3) is 0.357. The van der Waals surface area contributed by atoms with E-state index >= 15 is 8.78 Å². The van der Waals surface area contributed by atoms with Gasteiger partial charge in [-0.3, -0.25) is 9.59 Å². The Morgan fingerprint density at radius 3 is 2.24 bits per heavy atom. The summed E-state index contributed by atoms with van der Waals surface area (Å²) in [5.41, 5.74) is -2.49. The van der Waals surface area contributed by atoms with Crippen molar-refractivity contribution in [3.05, 3.63) is 70.9 Å². The van der Waals surface area contributed by atoms with Gasteiger partial charge in [0.25, 0.3) is 0 Å². The zero-order valence-electron chi connectivity index (χ0n) is 22.2. The number of nitrogens with one attached hydrogen (secondary N) is 2. The lowest BCUT2D eigenvalue weighted by molar-refractivity contribution is -0.122. The van der Waals surface area contributed by atoms with Crippen LogP contribution in [0.25, 0.3) is 10.8 Å². The number of halogens is 2. The average molecular weight is 528 g/mol. The van der Waals surface area contributed by atoms with Crippen molar-refractivity contribution in [2.24, 2.45) is 0 Å². The molecule has 3 rings (SSSR count). The van der Waals surface area contributed by atoms with Gasteiger partial charge in [0, 0.05) is 17.1 Å². The van der Waals surface area contributed by atoms with Crippen molar-refractivity contribution in [2.45, 2.75) is 52.7 Å². The second kappa shape index (κ2) is 11.1. The maximum Gasteiger partial charge on any atom is 0.408 e. The number of ether oxygens (including phenoxy) is 2. The van der Waals surface area contributed by atoms with Crippen LogP contribution in [0.4, 0.5) is 13.6 Å². The number of aromatic nitrogens is 1. The third-order valence-corrected chi connectivity index (χ3v) is 5.53. The van der Waals surface area contributed by atoms with Gasteiger partial charge in [0.15, 0.2) is 5.78 Å². The van der Waals surface area contributed by atoms with Crippen LogP contribution in [0.2, 0.25) is 0 Å². The molecule has 0 aliphatic carbocycles. The number of ketones is 1. The van der Waals surface area contributed by atoms with E-state index in [1.54, 1.807) is 59.7 Å². The summed E-state index contributed by atoms with van der Waals surface area (Å²) in [6, 6.07) is 8.39. The number of hydrogen-bond acceptors (Lipinski definition) is 6. The molecular formula is C28H31F2N3O5. The first-order valence-corrected chi connectivity index (χ1v) is 12.1. The van der Waals surface area contributed by atoms with E-state index in [0.29, 0.717) is 23.3 Å². The molecule has 38 heavy (non-hydrogen) atoms. The fourth-order valence-corrected chi connectivity index (χ4v) is 3.85. The highest BCUT2D eigenvalue weighted by Gasteiger charge is 2.29. The number of nitrogens with zero attached hydrogens (tertiary/aromatic N) is 1. The minimum Gasteiger partial charge on any atom is -0.478 e. The van der Waals surface area contributed by atoms with Gasteiger partial charge < -0.3 is 20.1 Å². The van der Waals surface area contributed by atoms with Crippen LogP contribution in [0.1, 0.15) is 63.0 Å². The number of benzene rings is 2. The largest absolute Gasteiger partial charge is 0.478 e. The van der Waals surface area contributed by atoms with Crippen molar-refractivity contribution in [1.29, 1.82) is 0 Å². The highest BCUT2D eigenvalue weighted by molar-refractivity contribution is 6.17. The number of fused-ring (bicyclic) bond motifs is 1. The number of pyridine rings is 1. The van der Waals surface area contributed by atoms with E-state index in [1.807, 2.05) is 0 Å². The highest BCUT2D eigenvalue weighted by Crippen LogP contribution is 2.30. The smallest absolute Gasteiger partial charge is 0.408 e. The molecule has 0 bridgehead atoms. The summed E-state index contributed by atoms with van der Waals surface area (Å²) >= 11 is 0. The number of rotatable bonds is 8. The number of carbonyl (C=O) groups is 3. The first kappa shape index (κ1) is 28.5. The molecule has 2 amide bonds. The molecule has 0 radical (unpaired) electrons. The molecule has 0 atom stereocenters. The fourth-order valence-electron chi connectivity index (χ4n) is 3.85. The number of amides is 2. The van der Waals surface area contributed by atoms with Crippen molar-refractivity contribution in [2.75, 3.05) is 13.2 Å². The van der Waals surface area contributed by atoms with Crippen molar-refractivity contribution >= 4 is 28.6 Å². The molecule has 0 saturated heterocycles. The topological polar surface area (TPSA) is 107 Å². The van der Waals surface area contributed by atoms with Crippen LogP contribution in [0.5, 0.6) is 5.88 Å². The lowest BCUT2D eigenvalue weighted by Gasteiger charge is -2.28. The van der Waals surface area contributed by atoms with E-state index in [2.05, 4.69) is 15.6 Å². The molecule has 0 fully saturated rings. The Morgan fingerprint density at radius 1 is 0.974 bits per heavy atom. The highest BCUT2D eigenvalue weighted by atomic mass is 19.1. The van der Waals surface area contributed by atoms with Crippen LogP contribution in [-0.4, -0.2) is 41.5 Å². The van der Waals surface area contributed by atoms with Crippen LogP contribution >= 0.6 is 0 Å². The van der Waals surface area contributed by atoms with E-state index in [0.717, 1.165) is 12.1 Å². The molecule has 2 aromatic carbocycles. The van der Waals surface area contributed by atoms with Crippen LogP contribution < -0.4 is 15.4 Å². The van der Waals surface area contributed by atoms with E-state index in [1.165, 1.54) is 12.3 Å². The van der Waals surface area contributed by atoms with Crippen molar-refractivity contribution in [3.63, 3.8) is 0 Å².